The molecule has 3 heteroatoms. The number of hydrogen-bond donors (Lipinski definition) is 0. The smallest absolute Gasteiger partial charge is 0.0782 e. The molecule has 3 nitrogen and oxygen atoms in total. The predicted octanol–water partition coefficient (Wildman–Crippen LogP) is 12.6. The van der Waals surface area contributed by atoms with Crippen molar-refractivity contribution in [1.29, 1.82) is 0 Å². The van der Waals surface area contributed by atoms with Crippen LogP contribution in [0.5, 0.6) is 0 Å². The van der Waals surface area contributed by atoms with E-state index in [1.165, 1.54) is 76.5 Å². The second-order valence-electron chi connectivity index (χ2n) is 13.4. The van der Waals surface area contributed by atoms with Gasteiger partial charge in [-0.05, 0) is 65.7 Å². The van der Waals surface area contributed by atoms with Gasteiger partial charge in [0, 0.05) is 43.7 Å². The Labute approximate surface area is 294 Å². The van der Waals surface area contributed by atoms with Crippen molar-refractivity contribution in [2.75, 3.05) is 0 Å². The summed E-state index contributed by atoms with van der Waals surface area (Å²) in [5, 5.41) is 7.49. The van der Waals surface area contributed by atoms with Gasteiger partial charge in [0.1, 0.15) is 0 Å². The highest BCUT2D eigenvalue weighted by Gasteiger charge is 2.21. The molecule has 0 atom stereocenters. The van der Waals surface area contributed by atoms with Gasteiger partial charge in [-0.3, -0.25) is 0 Å². The van der Waals surface area contributed by atoms with Crippen molar-refractivity contribution in [1.82, 2.24) is 13.7 Å². The summed E-state index contributed by atoms with van der Waals surface area (Å²) in [6.45, 7) is 0. The molecule has 0 amide bonds. The summed E-state index contributed by atoms with van der Waals surface area (Å²) in [5.41, 5.74) is 12.9. The van der Waals surface area contributed by atoms with Gasteiger partial charge in [0.15, 0.2) is 0 Å². The summed E-state index contributed by atoms with van der Waals surface area (Å²) in [6.07, 6.45) is 0. The second-order valence-corrected chi connectivity index (χ2v) is 13.4. The summed E-state index contributed by atoms with van der Waals surface area (Å²) in [7, 11) is 0. The third-order valence-corrected chi connectivity index (χ3v) is 10.6. The molecule has 3 heterocycles. The minimum Gasteiger partial charge on any atom is -0.309 e. The largest absolute Gasteiger partial charge is 0.309 e. The van der Waals surface area contributed by atoms with Crippen LogP contribution in [0.15, 0.2) is 188 Å². The monoisotopic (exact) mass is 649 g/mol. The maximum Gasteiger partial charge on any atom is 0.0782 e. The topological polar surface area (TPSA) is 14.8 Å². The molecule has 0 aliphatic rings. The maximum atomic E-state index is 2.49. The lowest BCUT2D eigenvalue weighted by Crippen LogP contribution is -2.03. The van der Waals surface area contributed by atoms with Gasteiger partial charge in [0.05, 0.1) is 38.8 Å². The second kappa shape index (κ2) is 10.8. The molecule has 0 spiro atoms. The maximum absolute atomic E-state index is 2.49. The zero-order valence-electron chi connectivity index (χ0n) is 27.7. The number of hydrogen-bond acceptors (Lipinski definition) is 0. The fourth-order valence-corrected chi connectivity index (χ4v) is 8.48. The van der Waals surface area contributed by atoms with Gasteiger partial charge in [-0.25, -0.2) is 0 Å². The molecule has 0 radical (unpaired) electrons. The Bertz CT molecular complexity index is 3030. The first-order valence-corrected chi connectivity index (χ1v) is 17.5. The molecule has 0 unspecified atom stereocenters. The lowest BCUT2D eigenvalue weighted by Gasteiger charge is -2.18. The van der Waals surface area contributed by atoms with Gasteiger partial charge in [-0.1, -0.05) is 133 Å². The van der Waals surface area contributed by atoms with E-state index in [0.29, 0.717) is 0 Å². The molecule has 51 heavy (non-hydrogen) atoms. The van der Waals surface area contributed by atoms with Crippen LogP contribution in [-0.2, 0) is 0 Å². The minimum atomic E-state index is 1.12. The summed E-state index contributed by atoms with van der Waals surface area (Å²) in [6, 6.07) is 68.5. The highest BCUT2D eigenvalue weighted by Crippen LogP contribution is 2.41. The molecule has 0 fully saturated rings. The normalized spacial score (nSPS) is 11.9. The average Bonchev–Trinajstić information content (AvgIpc) is 3.84. The van der Waals surface area contributed by atoms with E-state index in [1.807, 2.05) is 0 Å². The van der Waals surface area contributed by atoms with Gasteiger partial charge in [-0.2, -0.15) is 0 Å². The van der Waals surface area contributed by atoms with Crippen molar-refractivity contribution in [3.05, 3.63) is 188 Å². The summed E-state index contributed by atoms with van der Waals surface area (Å²) < 4.78 is 7.38. The molecule has 8 aromatic carbocycles. The highest BCUT2D eigenvalue weighted by atomic mass is 15.1. The first-order chi connectivity index (χ1) is 25.3. The fraction of sp³-hybridized carbons (Fsp3) is 0. The molecular formula is C48H31N3. The zero-order valence-corrected chi connectivity index (χ0v) is 27.7. The lowest BCUT2D eigenvalue weighted by molar-refractivity contribution is 1.11. The van der Waals surface area contributed by atoms with Crippen LogP contribution in [0.4, 0.5) is 0 Å². The van der Waals surface area contributed by atoms with E-state index in [4.69, 9.17) is 0 Å². The van der Waals surface area contributed by atoms with E-state index in [0.717, 1.165) is 17.1 Å². The van der Waals surface area contributed by atoms with Crippen molar-refractivity contribution < 1.29 is 0 Å². The van der Waals surface area contributed by atoms with E-state index >= 15 is 0 Å². The van der Waals surface area contributed by atoms with Gasteiger partial charge in [-0.15, -0.1) is 0 Å². The Hall–Kier alpha value is -6.84. The standard InChI is InChI=1S/C48H31N3/c1-2-15-32(16-3-1)33-29-34(49-42-23-9-4-17-36(42)37-18-5-10-24-43(37)49)31-35(30-33)50-44-25-11-8-21-40(44)41-22-14-28-47(48(41)50)51-45-26-12-6-19-38(45)39-20-7-13-27-46(39)51/h1-31H. The van der Waals surface area contributed by atoms with E-state index < -0.39 is 0 Å². The van der Waals surface area contributed by atoms with E-state index in [1.54, 1.807) is 0 Å². The van der Waals surface area contributed by atoms with Crippen LogP contribution in [0.3, 0.4) is 0 Å². The number of benzene rings is 8. The van der Waals surface area contributed by atoms with Crippen molar-refractivity contribution in [3.8, 4) is 28.2 Å². The summed E-state index contributed by atoms with van der Waals surface area (Å²) in [5.74, 6) is 0. The SMILES string of the molecule is c1ccc(-c2cc(-n3c4ccccc4c4ccccc43)cc(-n3c4ccccc4c4cccc(-n5c6ccccc6c6ccccc65)c43)c2)cc1. The van der Waals surface area contributed by atoms with Crippen LogP contribution >= 0.6 is 0 Å². The zero-order chi connectivity index (χ0) is 33.5. The van der Waals surface area contributed by atoms with E-state index in [-0.39, 0.29) is 0 Å². The predicted molar refractivity (Wildman–Crippen MR) is 215 cm³/mol. The fourth-order valence-electron chi connectivity index (χ4n) is 8.48. The Morgan fingerprint density at radius 2 is 0.647 bits per heavy atom. The van der Waals surface area contributed by atoms with Gasteiger partial charge >= 0.3 is 0 Å². The van der Waals surface area contributed by atoms with Crippen molar-refractivity contribution in [2.45, 2.75) is 0 Å². The molecule has 0 aliphatic carbocycles. The molecule has 0 bridgehead atoms. The van der Waals surface area contributed by atoms with Crippen LogP contribution in [0.2, 0.25) is 0 Å². The quantitative estimate of drug-likeness (QED) is 0.180. The van der Waals surface area contributed by atoms with E-state index in [2.05, 4.69) is 202 Å². The number of rotatable bonds is 4. The molecule has 0 saturated heterocycles. The van der Waals surface area contributed by atoms with Crippen molar-refractivity contribution in [3.63, 3.8) is 0 Å². The van der Waals surface area contributed by atoms with Gasteiger partial charge < -0.3 is 13.7 Å². The molecule has 0 aliphatic heterocycles. The number of para-hydroxylation sites is 6. The summed E-state index contributed by atoms with van der Waals surface area (Å²) in [4.78, 5) is 0. The van der Waals surface area contributed by atoms with Crippen LogP contribution in [0.1, 0.15) is 0 Å². The van der Waals surface area contributed by atoms with Crippen molar-refractivity contribution in [2.24, 2.45) is 0 Å². The van der Waals surface area contributed by atoms with E-state index in [9.17, 15) is 0 Å². The highest BCUT2D eigenvalue weighted by molar-refractivity contribution is 6.15. The van der Waals surface area contributed by atoms with Crippen molar-refractivity contribution >= 4 is 65.4 Å². The number of fused-ring (bicyclic) bond motifs is 9. The first kappa shape index (κ1) is 28.0. The third kappa shape index (κ3) is 4.06. The van der Waals surface area contributed by atoms with Crippen LogP contribution in [-0.4, -0.2) is 13.7 Å². The minimum absolute atomic E-state index is 1.12. The van der Waals surface area contributed by atoms with Crippen LogP contribution in [0.25, 0.3) is 93.6 Å². The molecule has 0 saturated carbocycles. The molecule has 3 aromatic heterocycles. The molecule has 11 aromatic rings. The third-order valence-electron chi connectivity index (χ3n) is 10.6. The van der Waals surface area contributed by atoms with Crippen LogP contribution in [0, 0.1) is 0 Å². The van der Waals surface area contributed by atoms with Gasteiger partial charge in [0.2, 0.25) is 0 Å². The first-order valence-electron chi connectivity index (χ1n) is 17.5. The van der Waals surface area contributed by atoms with Crippen LogP contribution < -0.4 is 0 Å². The summed E-state index contributed by atoms with van der Waals surface area (Å²) >= 11 is 0. The Morgan fingerprint density at radius 3 is 1.18 bits per heavy atom. The molecule has 11 rings (SSSR count). The number of aromatic nitrogens is 3. The Morgan fingerprint density at radius 1 is 0.255 bits per heavy atom. The van der Waals surface area contributed by atoms with Gasteiger partial charge in [0.25, 0.3) is 0 Å². The Balaban J connectivity index is 1.29. The molecular weight excluding hydrogens is 619 g/mol. The number of nitrogens with zero attached hydrogens (tertiary/aromatic N) is 3. The lowest BCUT2D eigenvalue weighted by atomic mass is 10.0. The molecule has 0 N–H and O–H groups in total. The Kier molecular flexibility index (Phi) is 5.96. The average molecular weight is 650 g/mol. The molecule has 238 valence electrons.